The molecule has 1 fully saturated rings. The van der Waals surface area contributed by atoms with Gasteiger partial charge in [0.1, 0.15) is 0 Å². The number of carbonyl (C=O) groups excluding carboxylic acids is 1. The first-order valence-corrected chi connectivity index (χ1v) is 7.76. The molecule has 0 aromatic carbocycles. The largest absolute Gasteiger partial charge is 0.323 e. The van der Waals surface area contributed by atoms with E-state index >= 15 is 0 Å². The Morgan fingerprint density at radius 3 is 3.10 bits per heavy atom. The number of carbonyl (C=O) groups is 1. The van der Waals surface area contributed by atoms with Crippen LogP contribution in [0.5, 0.6) is 0 Å². The van der Waals surface area contributed by atoms with E-state index in [1.165, 1.54) is 0 Å². The molecule has 2 aromatic rings. The predicted molar refractivity (Wildman–Crippen MR) is 80.8 cm³/mol. The Bertz CT molecular complexity index is 633. The van der Waals surface area contributed by atoms with E-state index in [4.69, 9.17) is 0 Å². The molecule has 2 N–H and O–H groups in total. The number of nitrogens with one attached hydrogen (secondary N) is 2. The van der Waals surface area contributed by atoms with Crippen LogP contribution in [0.15, 0.2) is 18.5 Å². The molecule has 1 atom stereocenters. The average molecular weight is 291 g/mol. The molecule has 0 radical (unpaired) electrons. The Morgan fingerprint density at radius 1 is 1.55 bits per heavy atom. The Kier molecular flexibility index (Phi) is 3.62. The summed E-state index contributed by atoms with van der Waals surface area (Å²) in [4.78, 5) is 16.4. The van der Waals surface area contributed by atoms with Crippen LogP contribution in [0, 0.1) is 0 Å². The molecule has 0 aliphatic carbocycles. The third kappa shape index (κ3) is 2.51. The number of nitrogens with zero attached hydrogens (tertiary/aromatic N) is 3. The second-order valence-corrected chi connectivity index (χ2v) is 6.11. The summed E-state index contributed by atoms with van der Waals surface area (Å²) in [5.74, 6) is 1.64. The first-order valence-electron chi connectivity index (χ1n) is 6.60. The second kappa shape index (κ2) is 5.41. The van der Waals surface area contributed by atoms with E-state index in [9.17, 15) is 4.79 Å². The van der Waals surface area contributed by atoms with Crippen LogP contribution in [0.2, 0.25) is 0 Å². The van der Waals surface area contributed by atoms with Gasteiger partial charge in [0.25, 0.3) is 0 Å². The van der Waals surface area contributed by atoms with Crippen molar-refractivity contribution in [2.24, 2.45) is 0 Å². The number of rotatable bonds is 3. The average Bonchev–Trinajstić information content (AvgIpc) is 3.07. The molecule has 3 rings (SSSR count). The van der Waals surface area contributed by atoms with Gasteiger partial charge in [-0.3, -0.25) is 10.1 Å². The van der Waals surface area contributed by atoms with Crippen LogP contribution in [0.3, 0.4) is 0 Å². The van der Waals surface area contributed by atoms with Gasteiger partial charge in [-0.1, -0.05) is 0 Å². The first-order chi connectivity index (χ1) is 9.65. The van der Waals surface area contributed by atoms with Crippen molar-refractivity contribution in [1.82, 2.24) is 20.1 Å². The van der Waals surface area contributed by atoms with Gasteiger partial charge >= 0.3 is 0 Å². The maximum Gasteiger partial charge on any atom is 0.242 e. The van der Waals surface area contributed by atoms with Crippen LogP contribution in [0.1, 0.15) is 19.9 Å². The van der Waals surface area contributed by atoms with E-state index < -0.39 is 0 Å². The predicted octanol–water partition coefficient (Wildman–Crippen LogP) is 1.61. The van der Waals surface area contributed by atoms with Crippen molar-refractivity contribution in [2.75, 3.05) is 16.9 Å². The maximum atomic E-state index is 12.0. The zero-order chi connectivity index (χ0) is 14.1. The number of aromatic nitrogens is 3. The van der Waals surface area contributed by atoms with Gasteiger partial charge in [-0.05, 0) is 19.9 Å². The lowest BCUT2D eigenvalue weighted by Crippen LogP contribution is -2.37. The molecule has 1 aliphatic heterocycles. The van der Waals surface area contributed by atoms with Gasteiger partial charge in [-0.2, -0.15) is 5.10 Å². The number of hydrogen-bond donors (Lipinski definition) is 2. The fourth-order valence-electron chi connectivity index (χ4n) is 2.18. The lowest BCUT2D eigenvalue weighted by Gasteiger charge is -2.10. The fourth-order valence-corrected chi connectivity index (χ4v) is 3.12. The SMILES string of the molecule is CC(C)n1ncc2cc(NC(=O)C3CSCN3)cnc21. The first kappa shape index (κ1) is 13.4. The van der Waals surface area contributed by atoms with Crippen molar-refractivity contribution in [3.63, 3.8) is 0 Å². The summed E-state index contributed by atoms with van der Waals surface area (Å²) >= 11 is 1.73. The standard InChI is InChI=1S/C13H17N5OS/c1-8(2)18-12-9(4-16-18)3-10(5-14-12)17-13(19)11-6-20-7-15-11/h3-5,8,11,15H,6-7H2,1-2H3,(H,17,19). The van der Waals surface area contributed by atoms with E-state index in [-0.39, 0.29) is 18.0 Å². The van der Waals surface area contributed by atoms with Crippen LogP contribution in [0.4, 0.5) is 5.69 Å². The van der Waals surface area contributed by atoms with Gasteiger partial charge in [-0.15, -0.1) is 11.8 Å². The smallest absolute Gasteiger partial charge is 0.242 e. The molecule has 1 aliphatic rings. The summed E-state index contributed by atoms with van der Waals surface area (Å²) in [6, 6.07) is 2.06. The molecule has 1 amide bonds. The van der Waals surface area contributed by atoms with Crippen LogP contribution < -0.4 is 10.6 Å². The third-order valence-electron chi connectivity index (χ3n) is 3.22. The topological polar surface area (TPSA) is 71.8 Å². The highest BCUT2D eigenvalue weighted by Gasteiger charge is 2.22. The minimum atomic E-state index is -0.117. The minimum Gasteiger partial charge on any atom is -0.323 e. The molecule has 6 nitrogen and oxygen atoms in total. The molecule has 2 aromatic heterocycles. The molecule has 3 heterocycles. The summed E-state index contributed by atoms with van der Waals surface area (Å²) in [5, 5.41) is 11.3. The number of hydrogen-bond acceptors (Lipinski definition) is 5. The lowest BCUT2D eigenvalue weighted by atomic mass is 10.3. The number of anilines is 1. The maximum absolute atomic E-state index is 12.0. The fraction of sp³-hybridized carbons (Fsp3) is 0.462. The van der Waals surface area contributed by atoms with Crippen molar-refractivity contribution >= 4 is 34.4 Å². The summed E-state index contributed by atoms with van der Waals surface area (Å²) in [6.07, 6.45) is 3.46. The van der Waals surface area contributed by atoms with Gasteiger partial charge in [0.2, 0.25) is 5.91 Å². The van der Waals surface area contributed by atoms with Crippen molar-refractivity contribution < 1.29 is 4.79 Å². The molecular weight excluding hydrogens is 274 g/mol. The molecule has 0 bridgehead atoms. The van der Waals surface area contributed by atoms with Gasteiger partial charge in [-0.25, -0.2) is 9.67 Å². The minimum absolute atomic E-state index is 0.00704. The van der Waals surface area contributed by atoms with Crippen molar-refractivity contribution in [3.05, 3.63) is 18.5 Å². The number of pyridine rings is 1. The monoisotopic (exact) mass is 291 g/mol. The van der Waals surface area contributed by atoms with Gasteiger partial charge in [0.05, 0.1) is 24.1 Å². The second-order valence-electron chi connectivity index (χ2n) is 5.08. The molecule has 20 heavy (non-hydrogen) atoms. The van der Waals surface area contributed by atoms with Gasteiger partial charge in [0.15, 0.2) is 5.65 Å². The highest BCUT2D eigenvalue weighted by atomic mass is 32.2. The molecule has 7 heteroatoms. The van der Waals surface area contributed by atoms with Crippen LogP contribution >= 0.6 is 11.8 Å². The van der Waals surface area contributed by atoms with Gasteiger partial charge < -0.3 is 5.32 Å². The van der Waals surface area contributed by atoms with Gasteiger partial charge in [0, 0.05) is 23.1 Å². The Morgan fingerprint density at radius 2 is 2.40 bits per heavy atom. The summed E-state index contributed by atoms with van der Waals surface area (Å²) < 4.78 is 1.87. The summed E-state index contributed by atoms with van der Waals surface area (Å²) in [6.45, 7) is 4.13. The molecule has 0 saturated carbocycles. The normalized spacial score (nSPS) is 18.9. The number of amides is 1. The summed E-state index contributed by atoms with van der Waals surface area (Å²) in [7, 11) is 0. The Balaban J connectivity index is 1.80. The zero-order valence-electron chi connectivity index (χ0n) is 11.5. The van der Waals surface area contributed by atoms with E-state index in [1.54, 1.807) is 24.2 Å². The summed E-state index contributed by atoms with van der Waals surface area (Å²) in [5.41, 5.74) is 1.55. The van der Waals surface area contributed by atoms with E-state index in [0.29, 0.717) is 5.69 Å². The highest BCUT2D eigenvalue weighted by Crippen LogP contribution is 2.19. The van der Waals surface area contributed by atoms with Crippen LogP contribution in [0.25, 0.3) is 11.0 Å². The van der Waals surface area contributed by atoms with Crippen molar-refractivity contribution in [3.8, 4) is 0 Å². The molecular formula is C13H17N5OS. The van der Waals surface area contributed by atoms with Crippen LogP contribution in [-0.4, -0.2) is 38.3 Å². The van der Waals surface area contributed by atoms with Crippen molar-refractivity contribution in [1.29, 1.82) is 0 Å². The molecule has 1 unspecified atom stereocenters. The third-order valence-corrected chi connectivity index (χ3v) is 4.16. The molecule has 106 valence electrons. The lowest BCUT2D eigenvalue weighted by molar-refractivity contribution is -0.117. The zero-order valence-corrected chi connectivity index (χ0v) is 12.3. The van der Waals surface area contributed by atoms with Crippen molar-refractivity contribution in [2.45, 2.75) is 25.9 Å². The number of thioether (sulfide) groups is 1. The van der Waals surface area contributed by atoms with E-state index in [2.05, 4.69) is 34.6 Å². The van der Waals surface area contributed by atoms with Crippen LogP contribution in [-0.2, 0) is 4.79 Å². The Labute approximate surface area is 121 Å². The molecule has 0 spiro atoms. The molecule has 1 saturated heterocycles. The number of fused-ring (bicyclic) bond motifs is 1. The Hall–Kier alpha value is -1.60. The van der Waals surface area contributed by atoms with E-state index in [0.717, 1.165) is 22.7 Å². The van der Waals surface area contributed by atoms with E-state index in [1.807, 2.05) is 10.7 Å². The highest BCUT2D eigenvalue weighted by molar-refractivity contribution is 7.99. The quantitative estimate of drug-likeness (QED) is 0.899.